The van der Waals surface area contributed by atoms with Crippen LogP contribution in [-0.2, 0) is 0 Å². The lowest BCUT2D eigenvalue weighted by Gasteiger charge is -2.19. The van der Waals surface area contributed by atoms with Gasteiger partial charge in [0, 0.05) is 11.6 Å². The molecule has 0 radical (unpaired) electrons. The maximum absolute atomic E-state index is 13.7. The van der Waals surface area contributed by atoms with Crippen LogP contribution in [0.3, 0.4) is 0 Å². The van der Waals surface area contributed by atoms with Crippen molar-refractivity contribution in [1.82, 2.24) is 5.32 Å². The standard InChI is InChI=1S/C17H18Cl2FN/c1-3-9-21-11(2)13-8-7-12(20)10-15(13)14-5-4-6-16(18)17(14)19/h4-8,10-11,21H,3,9H2,1-2H3. The van der Waals surface area contributed by atoms with Crippen LogP contribution in [-0.4, -0.2) is 6.54 Å². The van der Waals surface area contributed by atoms with Crippen LogP contribution in [0.5, 0.6) is 0 Å². The molecular formula is C17H18Cl2FN. The van der Waals surface area contributed by atoms with Gasteiger partial charge in [-0.2, -0.15) is 0 Å². The predicted molar refractivity (Wildman–Crippen MR) is 88.6 cm³/mol. The summed E-state index contributed by atoms with van der Waals surface area (Å²) in [7, 11) is 0. The first-order chi connectivity index (χ1) is 10.0. The third-order valence-electron chi connectivity index (χ3n) is 3.42. The summed E-state index contributed by atoms with van der Waals surface area (Å²) in [5.74, 6) is -0.285. The van der Waals surface area contributed by atoms with E-state index in [1.165, 1.54) is 12.1 Å². The fraction of sp³-hybridized carbons (Fsp3) is 0.294. The SMILES string of the molecule is CCCNC(C)c1ccc(F)cc1-c1cccc(Cl)c1Cl. The van der Waals surface area contributed by atoms with E-state index in [4.69, 9.17) is 23.2 Å². The highest BCUT2D eigenvalue weighted by Gasteiger charge is 2.15. The smallest absolute Gasteiger partial charge is 0.123 e. The summed E-state index contributed by atoms with van der Waals surface area (Å²) < 4.78 is 13.7. The molecule has 0 heterocycles. The minimum atomic E-state index is -0.285. The first-order valence-corrected chi connectivity index (χ1v) is 7.77. The van der Waals surface area contributed by atoms with Crippen LogP contribution in [0.4, 0.5) is 4.39 Å². The van der Waals surface area contributed by atoms with Crippen molar-refractivity contribution in [3.8, 4) is 11.1 Å². The maximum atomic E-state index is 13.7. The molecule has 0 fully saturated rings. The highest BCUT2D eigenvalue weighted by Crippen LogP contribution is 2.37. The first-order valence-electron chi connectivity index (χ1n) is 7.01. The molecule has 112 valence electrons. The summed E-state index contributed by atoms with van der Waals surface area (Å²) >= 11 is 12.4. The fourth-order valence-electron chi connectivity index (χ4n) is 2.32. The van der Waals surface area contributed by atoms with Crippen LogP contribution in [0.1, 0.15) is 31.9 Å². The zero-order valence-corrected chi connectivity index (χ0v) is 13.6. The van der Waals surface area contributed by atoms with Gasteiger partial charge in [0.15, 0.2) is 0 Å². The van der Waals surface area contributed by atoms with Crippen molar-refractivity contribution in [1.29, 1.82) is 0 Å². The molecule has 0 amide bonds. The second-order valence-corrected chi connectivity index (χ2v) is 5.79. The van der Waals surface area contributed by atoms with Crippen LogP contribution in [0.2, 0.25) is 10.0 Å². The number of hydrogen-bond donors (Lipinski definition) is 1. The summed E-state index contributed by atoms with van der Waals surface area (Å²) in [6.07, 6.45) is 1.04. The Kier molecular flexibility index (Phi) is 5.63. The third kappa shape index (κ3) is 3.76. The van der Waals surface area contributed by atoms with E-state index < -0.39 is 0 Å². The molecule has 0 spiro atoms. The zero-order chi connectivity index (χ0) is 15.4. The van der Waals surface area contributed by atoms with E-state index in [-0.39, 0.29) is 11.9 Å². The van der Waals surface area contributed by atoms with E-state index in [0.717, 1.165) is 29.7 Å². The van der Waals surface area contributed by atoms with E-state index in [9.17, 15) is 4.39 Å². The van der Waals surface area contributed by atoms with Crippen LogP contribution in [0, 0.1) is 5.82 Å². The van der Waals surface area contributed by atoms with E-state index in [1.54, 1.807) is 12.1 Å². The van der Waals surface area contributed by atoms with Crippen LogP contribution in [0.15, 0.2) is 36.4 Å². The monoisotopic (exact) mass is 325 g/mol. The molecule has 2 aromatic carbocycles. The van der Waals surface area contributed by atoms with Gasteiger partial charge in [-0.15, -0.1) is 0 Å². The number of nitrogens with one attached hydrogen (secondary N) is 1. The van der Waals surface area contributed by atoms with Gasteiger partial charge >= 0.3 is 0 Å². The summed E-state index contributed by atoms with van der Waals surface area (Å²) in [5, 5.41) is 4.34. The molecule has 0 saturated carbocycles. The topological polar surface area (TPSA) is 12.0 Å². The lowest BCUT2D eigenvalue weighted by Crippen LogP contribution is -2.20. The van der Waals surface area contributed by atoms with Gasteiger partial charge in [0.2, 0.25) is 0 Å². The molecule has 4 heteroatoms. The molecule has 0 aliphatic carbocycles. The number of halogens is 3. The summed E-state index contributed by atoms with van der Waals surface area (Å²) in [4.78, 5) is 0. The molecule has 2 aromatic rings. The van der Waals surface area contributed by atoms with Crippen LogP contribution in [0.25, 0.3) is 11.1 Å². The molecule has 2 rings (SSSR count). The molecule has 1 nitrogen and oxygen atoms in total. The van der Waals surface area contributed by atoms with E-state index in [1.807, 2.05) is 12.1 Å². The molecule has 1 N–H and O–H groups in total. The third-order valence-corrected chi connectivity index (χ3v) is 4.24. The average molecular weight is 326 g/mol. The average Bonchev–Trinajstić information content (AvgIpc) is 2.47. The van der Waals surface area contributed by atoms with Gasteiger partial charge in [-0.1, -0.05) is 48.3 Å². The minimum Gasteiger partial charge on any atom is -0.310 e. The quantitative estimate of drug-likeness (QED) is 0.725. The second-order valence-electron chi connectivity index (χ2n) is 5.01. The Morgan fingerprint density at radius 3 is 2.62 bits per heavy atom. The lowest BCUT2D eigenvalue weighted by atomic mass is 9.95. The van der Waals surface area contributed by atoms with Gasteiger partial charge in [0.05, 0.1) is 10.0 Å². The van der Waals surface area contributed by atoms with Crippen molar-refractivity contribution >= 4 is 23.2 Å². The molecule has 0 aromatic heterocycles. The highest BCUT2D eigenvalue weighted by atomic mass is 35.5. The molecule has 0 aliphatic rings. The van der Waals surface area contributed by atoms with E-state index >= 15 is 0 Å². The Bertz CT molecular complexity index is 628. The Labute approximate surface area is 135 Å². The van der Waals surface area contributed by atoms with Crippen molar-refractivity contribution in [3.63, 3.8) is 0 Å². The van der Waals surface area contributed by atoms with Gasteiger partial charge < -0.3 is 5.32 Å². The van der Waals surface area contributed by atoms with Crippen molar-refractivity contribution in [2.24, 2.45) is 0 Å². The Morgan fingerprint density at radius 1 is 1.14 bits per heavy atom. The molecule has 1 unspecified atom stereocenters. The van der Waals surface area contributed by atoms with Crippen LogP contribution < -0.4 is 5.32 Å². The molecule has 21 heavy (non-hydrogen) atoms. The molecule has 0 saturated heterocycles. The highest BCUT2D eigenvalue weighted by molar-refractivity contribution is 6.43. The van der Waals surface area contributed by atoms with Crippen molar-refractivity contribution in [3.05, 3.63) is 57.8 Å². The van der Waals surface area contributed by atoms with Gasteiger partial charge in [-0.25, -0.2) is 4.39 Å². The lowest BCUT2D eigenvalue weighted by molar-refractivity contribution is 0.569. The Morgan fingerprint density at radius 2 is 1.90 bits per heavy atom. The number of rotatable bonds is 5. The second kappa shape index (κ2) is 7.26. The van der Waals surface area contributed by atoms with Gasteiger partial charge in [0.1, 0.15) is 5.82 Å². The molecule has 1 atom stereocenters. The summed E-state index contributed by atoms with van der Waals surface area (Å²) in [6.45, 7) is 5.07. The Balaban J connectivity index is 2.51. The van der Waals surface area contributed by atoms with Gasteiger partial charge in [-0.3, -0.25) is 0 Å². The zero-order valence-electron chi connectivity index (χ0n) is 12.1. The van der Waals surface area contributed by atoms with Crippen molar-refractivity contribution in [2.45, 2.75) is 26.3 Å². The van der Waals surface area contributed by atoms with Crippen molar-refractivity contribution < 1.29 is 4.39 Å². The largest absolute Gasteiger partial charge is 0.310 e. The summed E-state index contributed by atoms with van der Waals surface area (Å²) in [5.41, 5.74) is 2.54. The summed E-state index contributed by atoms with van der Waals surface area (Å²) in [6, 6.07) is 10.3. The number of hydrogen-bond acceptors (Lipinski definition) is 1. The van der Waals surface area contributed by atoms with E-state index in [0.29, 0.717) is 10.0 Å². The first kappa shape index (κ1) is 16.3. The Hall–Kier alpha value is -1.09. The normalized spacial score (nSPS) is 12.4. The van der Waals surface area contributed by atoms with Crippen LogP contribution >= 0.6 is 23.2 Å². The van der Waals surface area contributed by atoms with Gasteiger partial charge in [-0.05, 0) is 49.2 Å². The predicted octanol–water partition coefficient (Wildman–Crippen LogP) is 5.86. The number of benzene rings is 2. The van der Waals surface area contributed by atoms with Crippen molar-refractivity contribution in [2.75, 3.05) is 6.54 Å². The molecule has 0 aliphatic heterocycles. The molecular weight excluding hydrogens is 308 g/mol. The van der Waals surface area contributed by atoms with Gasteiger partial charge in [0.25, 0.3) is 0 Å². The maximum Gasteiger partial charge on any atom is 0.123 e. The molecule has 0 bridgehead atoms. The fourth-order valence-corrected chi connectivity index (χ4v) is 2.72. The minimum absolute atomic E-state index is 0.107. The van der Waals surface area contributed by atoms with E-state index in [2.05, 4.69) is 19.2 Å².